The Morgan fingerprint density at radius 3 is 2.71 bits per heavy atom. The van der Waals surface area contributed by atoms with Gasteiger partial charge in [-0.25, -0.2) is 4.39 Å². The molecule has 0 spiro atoms. The quantitative estimate of drug-likeness (QED) is 0.203. The molecule has 5 N–H and O–H groups in total. The normalized spacial score (nSPS) is 20.0. The molecule has 0 aromatic rings. The van der Waals surface area contributed by atoms with Crippen molar-refractivity contribution in [3.8, 4) is 0 Å². The van der Waals surface area contributed by atoms with Gasteiger partial charge in [0.05, 0.1) is 12.3 Å². The summed E-state index contributed by atoms with van der Waals surface area (Å²) in [5.74, 6) is 1.07. The fraction of sp³-hybridized carbons (Fsp3) is 0.522. The van der Waals surface area contributed by atoms with E-state index in [0.717, 1.165) is 41.6 Å². The predicted molar refractivity (Wildman–Crippen MR) is 129 cm³/mol. The molecular weight excluding hydrogens is 414 g/mol. The summed E-state index contributed by atoms with van der Waals surface area (Å²) >= 11 is 0. The van der Waals surface area contributed by atoms with Gasteiger partial charge in [-0.05, 0) is 50.3 Å². The number of likely N-dealkylation sites (N-methyl/N-ethyl adjacent to an activating group) is 1. The number of ether oxygens (including phenoxy) is 1. The van der Waals surface area contributed by atoms with Gasteiger partial charge in [-0.3, -0.25) is 4.99 Å². The van der Waals surface area contributed by atoms with Crippen molar-refractivity contribution in [3.05, 3.63) is 57.9 Å². The van der Waals surface area contributed by atoms with Crippen molar-refractivity contribution >= 4 is 15.5 Å². The van der Waals surface area contributed by atoms with E-state index in [4.69, 9.17) is 16.2 Å². The number of aliphatic hydroxyl groups excluding tert-OH is 1. The first-order valence-electron chi connectivity index (χ1n) is 10.6. The Bertz CT molecular complexity index is 829. The van der Waals surface area contributed by atoms with Crippen molar-refractivity contribution in [1.29, 1.82) is 0 Å². The van der Waals surface area contributed by atoms with Crippen LogP contribution in [-0.4, -0.2) is 54.9 Å². The summed E-state index contributed by atoms with van der Waals surface area (Å²) in [6, 6.07) is 0. The third-order valence-electron chi connectivity index (χ3n) is 5.10. The van der Waals surface area contributed by atoms with Crippen LogP contribution in [0.2, 0.25) is 0 Å². The molecule has 6 nitrogen and oxygen atoms in total. The zero-order chi connectivity index (χ0) is 23.0. The molecule has 2 aliphatic rings. The van der Waals surface area contributed by atoms with Gasteiger partial charge in [0.2, 0.25) is 0 Å². The Labute approximate surface area is 187 Å². The third-order valence-corrected chi connectivity index (χ3v) is 5.27. The van der Waals surface area contributed by atoms with Crippen molar-refractivity contribution in [2.24, 2.45) is 16.5 Å². The van der Waals surface area contributed by atoms with Crippen molar-refractivity contribution in [2.45, 2.75) is 44.9 Å². The zero-order valence-corrected chi connectivity index (χ0v) is 20.0. The van der Waals surface area contributed by atoms with Crippen LogP contribution in [0.5, 0.6) is 0 Å². The summed E-state index contributed by atoms with van der Waals surface area (Å²) in [7, 11) is 4.06. The lowest BCUT2D eigenvalue weighted by Gasteiger charge is -2.30. The molecule has 8 heteroatoms. The Morgan fingerprint density at radius 1 is 1.45 bits per heavy atom. The van der Waals surface area contributed by atoms with E-state index in [-0.39, 0.29) is 6.61 Å². The molecule has 2 atom stereocenters. The standard InChI is InChI=1S/C23H36FN4O2P/c1-16-10-17(14-28(3)22(16)30-15-23(2,24)31)12-27-13-19(20(26)8-5-9-25)11-21(29)18-6-4-7-18/h5,8,10,13,29H,4,6-7,9,11-12,14-15,25-26,31H2,1-3H3/b8-5-,20-19?,27-13?. The van der Waals surface area contributed by atoms with Crippen LogP contribution in [0.15, 0.2) is 62.9 Å². The Kier molecular flexibility index (Phi) is 9.32. The van der Waals surface area contributed by atoms with E-state index in [1.54, 1.807) is 18.4 Å². The van der Waals surface area contributed by atoms with Gasteiger partial charge in [0.25, 0.3) is 0 Å². The number of rotatable bonds is 10. The highest BCUT2D eigenvalue weighted by molar-refractivity contribution is 7.18. The summed E-state index contributed by atoms with van der Waals surface area (Å²) in [5.41, 5.74) is 16.2. The summed E-state index contributed by atoms with van der Waals surface area (Å²) in [6.07, 6.45) is 10.7. The van der Waals surface area contributed by atoms with Crippen molar-refractivity contribution in [3.63, 3.8) is 0 Å². The molecule has 1 aliphatic carbocycles. The molecule has 0 saturated heterocycles. The number of halogens is 1. The Balaban J connectivity index is 2.11. The molecule has 1 fully saturated rings. The number of hydrogen-bond donors (Lipinski definition) is 3. The third kappa shape index (κ3) is 8.15. The summed E-state index contributed by atoms with van der Waals surface area (Å²) in [6.45, 7) is 4.90. The van der Waals surface area contributed by atoms with Gasteiger partial charge >= 0.3 is 0 Å². The van der Waals surface area contributed by atoms with Gasteiger partial charge < -0.3 is 26.2 Å². The van der Waals surface area contributed by atoms with Crippen LogP contribution in [0.4, 0.5) is 4.39 Å². The number of nitrogens with zero attached hydrogens (tertiary/aromatic N) is 2. The van der Waals surface area contributed by atoms with Crippen LogP contribution in [0.3, 0.4) is 0 Å². The van der Waals surface area contributed by atoms with E-state index in [1.807, 2.05) is 24.9 Å². The number of aliphatic imine (C=N–C) groups is 1. The largest absolute Gasteiger partial charge is 0.512 e. The van der Waals surface area contributed by atoms with Crippen LogP contribution < -0.4 is 11.5 Å². The van der Waals surface area contributed by atoms with Gasteiger partial charge in [-0.2, -0.15) is 0 Å². The smallest absolute Gasteiger partial charge is 0.192 e. The highest BCUT2D eigenvalue weighted by Gasteiger charge is 2.22. The molecular formula is C23H36FN4O2P. The molecule has 1 aliphatic heterocycles. The van der Waals surface area contributed by atoms with Crippen LogP contribution in [0.25, 0.3) is 0 Å². The number of aliphatic hydroxyl groups is 1. The lowest BCUT2D eigenvalue weighted by atomic mass is 9.89. The molecule has 172 valence electrons. The maximum absolute atomic E-state index is 13.7. The highest BCUT2D eigenvalue weighted by atomic mass is 31.0. The fourth-order valence-corrected chi connectivity index (χ4v) is 3.45. The van der Waals surface area contributed by atoms with E-state index in [2.05, 4.69) is 14.2 Å². The molecule has 1 heterocycles. The second kappa shape index (κ2) is 11.5. The van der Waals surface area contributed by atoms with Crippen molar-refractivity contribution in [2.75, 3.05) is 33.3 Å². The van der Waals surface area contributed by atoms with E-state index in [1.165, 1.54) is 6.92 Å². The van der Waals surface area contributed by atoms with Crippen LogP contribution in [0.1, 0.15) is 39.5 Å². The number of hydrogen-bond acceptors (Lipinski definition) is 6. The number of allylic oxidation sites excluding steroid dienone is 5. The van der Waals surface area contributed by atoms with Gasteiger partial charge in [-0.1, -0.05) is 21.4 Å². The monoisotopic (exact) mass is 450 g/mol. The van der Waals surface area contributed by atoms with Crippen LogP contribution in [-0.2, 0) is 4.74 Å². The maximum Gasteiger partial charge on any atom is 0.192 e. The first-order chi connectivity index (χ1) is 14.6. The van der Waals surface area contributed by atoms with E-state index >= 15 is 0 Å². The van der Waals surface area contributed by atoms with Crippen molar-refractivity contribution < 1.29 is 14.2 Å². The minimum atomic E-state index is -1.47. The molecule has 1 saturated carbocycles. The highest BCUT2D eigenvalue weighted by Crippen LogP contribution is 2.30. The van der Waals surface area contributed by atoms with Crippen molar-refractivity contribution in [1.82, 2.24) is 4.90 Å². The zero-order valence-electron chi connectivity index (χ0n) is 18.8. The molecule has 0 radical (unpaired) electrons. The Hall–Kier alpha value is -2.11. The molecule has 0 bridgehead atoms. The SMILES string of the molecule is CC1=C(OCC(C)(F)P)N(C)CC(CN=CC(CC(O)=C2CCC2)=C(N)/C=C\CN)=C1. The maximum atomic E-state index is 13.7. The first kappa shape index (κ1) is 25.2. The number of nitrogens with two attached hydrogens (primary N) is 2. The summed E-state index contributed by atoms with van der Waals surface area (Å²) in [5, 5.41) is 8.91. The molecule has 0 aromatic heterocycles. The molecule has 0 aromatic carbocycles. The van der Waals surface area contributed by atoms with Crippen LogP contribution >= 0.6 is 9.24 Å². The van der Waals surface area contributed by atoms with Crippen LogP contribution in [0, 0.1) is 0 Å². The van der Waals surface area contributed by atoms with Gasteiger partial charge in [0.1, 0.15) is 6.61 Å². The molecule has 0 amide bonds. The number of alkyl halides is 1. The second-order valence-corrected chi connectivity index (χ2v) is 9.59. The molecule has 31 heavy (non-hydrogen) atoms. The van der Waals surface area contributed by atoms with Gasteiger partial charge in [-0.15, -0.1) is 0 Å². The van der Waals surface area contributed by atoms with E-state index in [9.17, 15) is 9.50 Å². The second-order valence-electron chi connectivity index (χ2n) is 8.38. The van der Waals surface area contributed by atoms with Gasteiger partial charge in [0.15, 0.2) is 11.3 Å². The average Bonchev–Trinajstić information content (AvgIpc) is 2.62. The van der Waals surface area contributed by atoms with Gasteiger partial charge in [0, 0.05) is 49.6 Å². The minimum Gasteiger partial charge on any atom is -0.512 e. The van der Waals surface area contributed by atoms with E-state index < -0.39 is 5.41 Å². The average molecular weight is 451 g/mol. The first-order valence-corrected chi connectivity index (χ1v) is 11.2. The topological polar surface area (TPSA) is 97.1 Å². The fourth-order valence-electron chi connectivity index (χ4n) is 3.37. The summed E-state index contributed by atoms with van der Waals surface area (Å²) < 4.78 is 19.4. The summed E-state index contributed by atoms with van der Waals surface area (Å²) in [4.78, 5) is 6.53. The molecule has 2 rings (SSSR count). The lowest BCUT2D eigenvalue weighted by Crippen LogP contribution is -2.29. The predicted octanol–water partition coefficient (Wildman–Crippen LogP) is 3.85. The Morgan fingerprint density at radius 2 is 2.16 bits per heavy atom. The minimum absolute atomic E-state index is 0.0290. The molecule has 2 unspecified atom stereocenters. The van der Waals surface area contributed by atoms with E-state index in [0.29, 0.717) is 43.4 Å². The lowest BCUT2D eigenvalue weighted by molar-refractivity contribution is 0.0745.